The topological polar surface area (TPSA) is 56.8 Å². The van der Waals surface area contributed by atoms with Crippen molar-refractivity contribution in [1.29, 1.82) is 0 Å². The van der Waals surface area contributed by atoms with E-state index in [9.17, 15) is 4.79 Å². The number of amides is 1. The summed E-state index contributed by atoms with van der Waals surface area (Å²) < 4.78 is 15.8. The van der Waals surface area contributed by atoms with Crippen LogP contribution in [-0.2, 0) is 11.2 Å². The summed E-state index contributed by atoms with van der Waals surface area (Å²) in [6.07, 6.45) is 0.284. The van der Waals surface area contributed by atoms with Crippen LogP contribution in [0.4, 0.5) is 0 Å². The Labute approximate surface area is 148 Å². The standard InChI is InChI=1S/C20H25NO4/c1-13-10-18(24-4)19(25-5)11-16(13)12-20(22)21-14(2)15-6-8-17(23-3)9-7-15/h6-11,14H,12H2,1-5H3,(H,21,22). The second-order valence-corrected chi connectivity index (χ2v) is 5.87. The molecule has 0 fully saturated rings. The molecule has 1 amide bonds. The molecule has 2 rings (SSSR count). The number of aryl methyl sites for hydroxylation is 1. The van der Waals surface area contributed by atoms with Crippen molar-refractivity contribution in [2.75, 3.05) is 21.3 Å². The highest BCUT2D eigenvalue weighted by atomic mass is 16.5. The zero-order chi connectivity index (χ0) is 18.4. The van der Waals surface area contributed by atoms with E-state index in [4.69, 9.17) is 14.2 Å². The maximum Gasteiger partial charge on any atom is 0.224 e. The maximum atomic E-state index is 12.4. The van der Waals surface area contributed by atoms with Crippen molar-refractivity contribution in [2.24, 2.45) is 0 Å². The molecule has 2 aromatic carbocycles. The molecule has 1 N–H and O–H groups in total. The van der Waals surface area contributed by atoms with Crippen LogP contribution in [0.2, 0.25) is 0 Å². The van der Waals surface area contributed by atoms with E-state index in [1.165, 1.54) is 0 Å². The highest BCUT2D eigenvalue weighted by molar-refractivity contribution is 5.79. The largest absolute Gasteiger partial charge is 0.497 e. The molecule has 5 nitrogen and oxygen atoms in total. The van der Waals surface area contributed by atoms with Gasteiger partial charge in [-0.25, -0.2) is 0 Å². The average Bonchev–Trinajstić information content (AvgIpc) is 2.62. The van der Waals surface area contributed by atoms with Crippen LogP contribution in [0.3, 0.4) is 0 Å². The fraction of sp³-hybridized carbons (Fsp3) is 0.350. The Morgan fingerprint density at radius 3 is 2.16 bits per heavy atom. The van der Waals surface area contributed by atoms with Gasteiger partial charge in [-0.1, -0.05) is 12.1 Å². The van der Waals surface area contributed by atoms with E-state index in [1.54, 1.807) is 21.3 Å². The normalized spacial score (nSPS) is 11.6. The Morgan fingerprint density at radius 2 is 1.60 bits per heavy atom. The van der Waals surface area contributed by atoms with Gasteiger partial charge in [-0.15, -0.1) is 0 Å². The predicted octanol–water partition coefficient (Wildman–Crippen LogP) is 3.44. The minimum Gasteiger partial charge on any atom is -0.497 e. The summed E-state index contributed by atoms with van der Waals surface area (Å²) in [5.41, 5.74) is 2.93. The summed E-state index contributed by atoms with van der Waals surface area (Å²) in [5.74, 6) is 2.04. The SMILES string of the molecule is COc1ccc(C(C)NC(=O)Cc2cc(OC)c(OC)cc2C)cc1. The number of hydrogen-bond acceptors (Lipinski definition) is 4. The van der Waals surface area contributed by atoms with Crippen LogP contribution < -0.4 is 19.5 Å². The molecule has 0 aliphatic rings. The lowest BCUT2D eigenvalue weighted by molar-refractivity contribution is -0.121. The summed E-state index contributed by atoms with van der Waals surface area (Å²) in [5, 5.41) is 3.02. The lowest BCUT2D eigenvalue weighted by Crippen LogP contribution is -2.28. The second kappa shape index (κ2) is 8.42. The van der Waals surface area contributed by atoms with E-state index >= 15 is 0 Å². The van der Waals surface area contributed by atoms with Crippen LogP contribution in [-0.4, -0.2) is 27.2 Å². The Balaban J connectivity index is 2.06. The average molecular weight is 343 g/mol. The summed E-state index contributed by atoms with van der Waals surface area (Å²) in [7, 11) is 4.81. The molecule has 0 aromatic heterocycles. The second-order valence-electron chi connectivity index (χ2n) is 5.87. The van der Waals surface area contributed by atoms with Gasteiger partial charge in [0.1, 0.15) is 5.75 Å². The molecule has 0 aliphatic carbocycles. The molecule has 0 spiro atoms. The van der Waals surface area contributed by atoms with E-state index in [0.29, 0.717) is 11.5 Å². The summed E-state index contributed by atoms with van der Waals surface area (Å²) in [6.45, 7) is 3.92. The Morgan fingerprint density at radius 1 is 1.00 bits per heavy atom. The van der Waals surface area contributed by atoms with Gasteiger partial charge in [-0.2, -0.15) is 0 Å². The number of rotatable bonds is 7. The molecule has 0 heterocycles. The van der Waals surface area contributed by atoms with E-state index in [2.05, 4.69) is 5.32 Å². The molecule has 134 valence electrons. The van der Waals surface area contributed by atoms with Crippen LogP contribution >= 0.6 is 0 Å². The number of carbonyl (C=O) groups excluding carboxylic acids is 1. The van der Waals surface area contributed by atoms with E-state index in [1.807, 2.05) is 50.2 Å². The van der Waals surface area contributed by atoms with Crippen molar-refractivity contribution in [1.82, 2.24) is 5.32 Å². The molecule has 1 atom stereocenters. The molecule has 0 saturated carbocycles. The zero-order valence-corrected chi connectivity index (χ0v) is 15.4. The van der Waals surface area contributed by atoms with Gasteiger partial charge in [0.05, 0.1) is 33.8 Å². The third-order valence-electron chi connectivity index (χ3n) is 4.19. The molecule has 2 aromatic rings. The number of nitrogens with one attached hydrogen (secondary N) is 1. The monoisotopic (exact) mass is 343 g/mol. The van der Waals surface area contributed by atoms with E-state index in [-0.39, 0.29) is 18.4 Å². The minimum atomic E-state index is -0.0844. The fourth-order valence-corrected chi connectivity index (χ4v) is 2.65. The molecule has 1 unspecified atom stereocenters. The minimum absolute atomic E-state index is 0.0429. The first-order valence-electron chi connectivity index (χ1n) is 8.13. The van der Waals surface area contributed by atoms with E-state index < -0.39 is 0 Å². The van der Waals surface area contributed by atoms with Crippen LogP contribution in [0.5, 0.6) is 17.2 Å². The third kappa shape index (κ3) is 4.66. The number of carbonyl (C=O) groups is 1. The zero-order valence-electron chi connectivity index (χ0n) is 15.4. The van der Waals surface area contributed by atoms with Crippen molar-refractivity contribution in [2.45, 2.75) is 26.3 Å². The van der Waals surface area contributed by atoms with Gasteiger partial charge in [-0.05, 0) is 54.8 Å². The van der Waals surface area contributed by atoms with Crippen molar-refractivity contribution >= 4 is 5.91 Å². The number of methoxy groups -OCH3 is 3. The molecule has 25 heavy (non-hydrogen) atoms. The maximum absolute atomic E-state index is 12.4. The molecule has 0 saturated heterocycles. The van der Waals surface area contributed by atoms with Gasteiger partial charge >= 0.3 is 0 Å². The van der Waals surface area contributed by atoms with Gasteiger partial charge in [0.25, 0.3) is 0 Å². The van der Waals surface area contributed by atoms with E-state index in [0.717, 1.165) is 22.4 Å². The van der Waals surface area contributed by atoms with Gasteiger partial charge in [0.2, 0.25) is 5.91 Å². The van der Waals surface area contributed by atoms with Crippen LogP contribution in [0.25, 0.3) is 0 Å². The van der Waals surface area contributed by atoms with Crippen LogP contribution in [0, 0.1) is 6.92 Å². The Kier molecular flexibility index (Phi) is 6.28. The van der Waals surface area contributed by atoms with Crippen molar-refractivity contribution in [3.05, 3.63) is 53.1 Å². The fourth-order valence-electron chi connectivity index (χ4n) is 2.65. The third-order valence-corrected chi connectivity index (χ3v) is 4.19. The molecular formula is C20H25NO4. The Hall–Kier alpha value is -2.69. The Bertz CT molecular complexity index is 725. The van der Waals surface area contributed by atoms with Crippen molar-refractivity contribution < 1.29 is 19.0 Å². The first-order valence-corrected chi connectivity index (χ1v) is 8.13. The molecule has 0 aliphatic heterocycles. The molecule has 5 heteroatoms. The van der Waals surface area contributed by atoms with Crippen molar-refractivity contribution in [3.63, 3.8) is 0 Å². The lowest BCUT2D eigenvalue weighted by Gasteiger charge is -2.16. The summed E-state index contributed by atoms with van der Waals surface area (Å²) >= 11 is 0. The molecular weight excluding hydrogens is 318 g/mol. The quantitative estimate of drug-likeness (QED) is 0.837. The number of ether oxygens (including phenoxy) is 3. The van der Waals surface area contributed by atoms with Gasteiger partial charge in [-0.3, -0.25) is 4.79 Å². The number of benzene rings is 2. The molecule has 0 radical (unpaired) electrons. The van der Waals surface area contributed by atoms with Crippen molar-refractivity contribution in [3.8, 4) is 17.2 Å². The highest BCUT2D eigenvalue weighted by Gasteiger charge is 2.14. The highest BCUT2D eigenvalue weighted by Crippen LogP contribution is 2.30. The predicted molar refractivity (Wildman–Crippen MR) is 97.5 cm³/mol. The summed E-state index contributed by atoms with van der Waals surface area (Å²) in [6, 6.07) is 11.3. The van der Waals surface area contributed by atoms with Gasteiger partial charge in [0, 0.05) is 0 Å². The molecule has 0 bridgehead atoms. The number of hydrogen-bond donors (Lipinski definition) is 1. The summed E-state index contributed by atoms with van der Waals surface area (Å²) in [4.78, 5) is 12.4. The van der Waals surface area contributed by atoms with Crippen LogP contribution in [0.15, 0.2) is 36.4 Å². The van der Waals surface area contributed by atoms with Gasteiger partial charge in [0.15, 0.2) is 11.5 Å². The lowest BCUT2D eigenvalue weighted by atomic mass is 10.0. The van der Waals surface area contributed by atoms with Gasteiger partial charge < -0.3 is 19.5 Å². The van der Waals surface area contributed by atoms with Crippen LogP contribution in [0.1, 0.15) is 29.7 Å². The first-order chi connectivity index (χ1) is 12.0. The first kappa shape index (κ1) is 18.6. The smallest absolute Gasteiger partial charge is 0.224 e.